The summed E-state index contributed by atoms with van der Waals surface area (Å²) >= 11 is 0. The van der Waals surface area contributed by atoms with Gasteiger partial charge >= 0.3 is 0 Å². The molecule has 6 nitrogen and oxygen atoms in total. The molecule has 0 fully saturated rings. The quantitative estimate of drug-likeness (QED) is 0.466. The first-order chi connectivity index (χ1) is 15.5. The highest BCUT2D eigenvalue weighted by Crippen LogP contribution is 2.41. The van der Waals surface area contributed by atoms with Crippen molar-refractivity contribution in [2.75, 3.05) is 11.5 Å². The number of ether oxygens (including phenoxy) is 1. The molecule has 1 unspecified atom stereocenters. The Labute approximate surface area is 182 Å². The Morgan fingerprint density at radius 2 is 1.97 bits per heavy atom. The number of aromatic nitrogens is 1. The highest BCUT2D eigenvalue weighted by atomic mass is 19.1. The monoisotopic (exact) mass is 430 g/mol. The van der Waals surface area contributed by atoms with Crippen molar-refractivity contribution in [3.8, 4) is 5.75 Å². The number of aryl methyl sites for hydroxylation is 1. The van der Waals surface area contributed by atoms with Gasteiger partial charge in [-0.3, -0.25) is 14.5 Å². The lowest BCUT2D eigenvalue weighted by molar-refractivity contribution is 0.0970. The number of pyridine rings is 1. The molecule has 0 radical (unpaired) electrons. The summed E-state index contributed by atoms with van der Waals surface area (Å²) in [5.41, 5.74) is 1.46. The molecule has 0 bridgehead atoms. The number of anilines is 1. The van der Waals surface area contributed by atoms with Gasteiger partial charge in [0.2, 0.25) is 5.76 Å². The van der Waals surface area contributed by atoms with Crippen LogP contribution in [0, 0.1) is 12.7 Å². The van der Waals surface area contributed by atoms with Crippen molar-refractivity contribution >= 4 is 22.7 Å². The lowest BCUT2D eigenvalue weighted by Crippen LogP contribution is -2.30. The summed E-state index contributed by atoms with van der Waals surface area (Å²) in [6, 6.07) is 13.7. The second-order valence-electron chi connectivity index (χ2n) is 7.59. The van der Waals surface area contributed by atoms with Crippen molar-refractivity contribution in [1.29, 1.82) is 0 Å². The van der Waals surface area contributed by atoms with Gasteiger partial charge in [-0.15, -0.1) is 0 Å². The molecule has 2 aromatic heterocycles. The number of carbonyl (C=O) groups is 1. The van der Waals surface area contributed by atoms with Crippen LogP contribution in [-0.4, -0.2) is 17.5 Å². The molecular weight excluding hydrogens is 411 g/mol. The van der Waals surface area contributed by atoms with Gasteiger partial charge in [0.05, 0.1) is 23.6 Å². The van der Waals surface area contributed by atoms with E-state index in [2.05, 4.69) is 4.98 Å². The van der Waals surface area contributed by atoms with Crippen LogP contribution in [0.3, 0.4) is 0 Å². The number of benzene rings is 2. The maximum atomic E-state index is 13.9. The number of nitrogens with zero attached hydrogens (tertiary/aromatic N) is 2. The highest BCUT2D eigenvalue weighted by molar-refractivity contribution is 6.10. The van der Waals surface area contributed by atoms with Gasteiger partial charge in [-0.2, -0.15) is 0 Å². The van der Waals surface area contributed by atoms with E-state index in [0.29, 0.717) is 23.7 Å². The van der Waals surface area contributed by atoms with Gasteiger partial charge in [0.25, 0.3) is 5.91 Å². The van der Waals surface area contributed by atoms with E-state index in [-0.39, 0.29) is 22.3 Å². The summed E-state index contributed by atoms with van der Waals surface area (Å²) in [6.45, 7) is 4.24. The van der Waals surface area contributed by atoms with Gasteiger partial charge in [0, 0.05) is 6.20 Å². The second-order valence-corrected chi connectivity index (χ2v) is 7.59. The molecule has 1 atom stereocenters. The summed E-state index contributed by atoms with van der Waals surface area (Å²) in [6.07, 6.45) is 1.65. The Bertz CT molecular complexity index is 1410. The Morgan fingerprint density at radius 3 is 2.72 bits per heavy atom. The predicted molar refractivity (Wildman–Crippen MR) is 118 cm³/mol. The Hall–Kier alpha value is -4.00. The molecule has 0 aliphatic carbocycles. The molecule has 2 aromatic carbocycles. The molecule has 7 heteroatoms. The van der Waals surface area contributed by atoms with E-state index < -0.39 is 23.2 Å². The minimum Gasteiger partial charge on any atom is -0.494 e. The first-order valence-corrected chi connectivity index (χ1v) is 10.2. The van der Waals surface area contributed by atoms with Crippen molar-refractivity contribution in [3.63, 3.8) is 0 Å². The van der Waals surface area contributed by atoms with Gasteiger partial charge < -0.3 is 9.15 Å². The van der Waals surface area contributed by atoms with Crippen molar-refractivity contribution in [1.82, 2.24) is 4.98 Å². The molecular formula is C25H19FN2O4. The van der Waals surface area contributed by atoms with Crippen molar-refractivity contribution in [2.24, 2.45) is 0 Å². The van der Waals surface area contributed by atoms with Crippen molar-refractivity contribution in [3.05, 3.63) is 99.3 Å². The van der Waals surface area contributed by atoms with E-state index in [9.17, 15) is 14.0 Å². The van der Waals surface area contributed by atoms with Crippen LogP contribution in [0.25, 0.3) is 11.0 Å². The molecule has 0 saturated carbocycles. The van der Waals surface area contributed by atoms with Crippen LogP contribution in [0.1, 0.15) is 40.2 Å². The van der Waals surface area contributed by atoms with E-state index in [1.807, 2.05) is 26.0 Å². The number of amides is 1. The largest absolute Gasteiger partial charge is 0.494 e. The minimum absolute atomic E-state index is 0.0664. The van der Waals surface area contributed by atoms with Gasteiger partial charge in [-0.05, 0) is 61.4 Å². The van der Waals surface area contributed by atoms with Crippen molar-refractivity contribution < 1.29 is 18.3 Å². The molecule has 0 saturated heterocycles. The zero-order chi connectivity index (χ0) is 22.4. The summed E-state index contributed by atoms with van der Waals surface area (Å²) in [7, 11) is 0. The van der Waals surface area contributed by atoms with E-state index in [4.69, 9.17) is 9.15 Å². The highest BCUT2D eigenvalue weighted by Gasteiger charge is 2.44. The summed E-state index contributed by atoms with van der Waals surface area (Å²) < 4.78 is 25.4. The average Bonchev–Trinajstić information content (AvgIpc) is 3.08. The average molecular weight is 430 g/mol. The Balaban J connectivity index is 1.79. The van der Waals surface area contributed by atoms with E-state index in [1.165, 1.54) is 17.0 Å². The van der Waals surface area contributed by atoms with Crippen LogP contribution < -0.4 is 15.1 Å². The van der Waals surface area contributed by atoms with Crippen LogP contribution in [0.15, 0.2) is 70.0 Å². The second kappa shape index (κ2) is 7.60. The number of carbonyl (C=O) groups excluding carboxylic acids is 1. The predicted octanol–water partition coefficient (Wildman–Crippen LogP) is 4.78. The smallest absolute Gasteiger partial charge is 0.296 e. The number of hydrogen-bond acceptors (Lipinski definition) is 5. The zero-order valence-electron chi connectivity index (χ0n) is 17.5. The van der Waals surface area contributed by atoms with Crippen LogP contribution in [-0.2, 0) is 0 Å². The number of fused-ring (bicyclic) bond motifs is 2. The lowest BCUT2D eigenvalue weighted by atomic mass is 9.98. The number of hydrogen-bond donors (Lipinski definition) is 0. The van der Waals surface area contributed by atoms with Crippen LogP contribution in [0.4, 0.5) is 10.2 Å². The lowest BCUT2D eigenvalue weighted by Gasteiger charge is -2.24. The maximum absolute atomic E-state index is 13.9. The van der Waals surface area contributed by atoms with Crippen LogP contribution in [0.5, 0.6) is 5.75 Å². The normalized spacial score (nSPS) is 15.3. The Morgan fingerprint density at radius 1 is 1.12 bits per heavy atom. The summed E-state index contributed by atoms with van der Waals surface area (Å²) in [5, 5.41) is 0.0845. The topological polar surface area (TPSA) is 72.6 Å². The molecule has 0 spiro atoms. The van der Waals surface area contributed by atoms with Crippen LogP contribution in [0.2, 0.25) is 0 Å². The van der Waals surface area contributed by atoms with Gasteiger partial charge in [0.15, 0.2) is 5.43 Å². The Kier molecular flexibility index (Phi) is 4.74. The van der Waals surface area contributed by atoms with Gasteiger partial charge in [-0.1, -0.05) is 18.2 Å². The molecule has 5 rings (SSSR count). The van der Waals surface area contributed by atoms with Crippen molar-refractivity contribution in [2.45, 2.75) is 19.9 Å². The first kappa shape index (κ1) is 19.9. The summed E-state index contributed by atoms with van der Waals surface area (Å²) in [4.78, 5) is 32.8. The van der Waals surface area contributed by atoms with Gasteiger partial charge in [-0.25, -0.2) is 9.37 Å². The van der Waals surface area contributed by atoms with Crippen LogP contribution >= 0.6 is 0 Å². The van der Waals surface area contributed by atoms with E-state index in [0.717, 1.165) is 11.6 Å². The number of halogens is 1. The van der Waals surface area contributed by atoms with Gasteiger partial charge in [0.1, 0.15) is 23.0 Å². The first-order valence-electron chi connectivity index (χ1n) is 10.2. The molecule has 4 aromatic rings. The molecule has 1 aliphatic heterocycles. The van der Waals surface area contributed by atoms with E-state index in [1.54, 1.807) is 30.5 Å². The molecule has 32 heavy (non-hydrogen) atoms. The fourth-order valence-electron chi connectivity index (χ4n) is 4.04. The minimum atomic E-state index is -0.794. The molecule has 3 heterocycles. The fourth-order valence-corrected chi connectivity index (χ4v) is 4.04. The fraction of sp³-hybridized carbons (Fsp3) is 0.160. The molecule has 1 aliphatic rings. The molecule has 1 amide bonds. The SMILES string of the molecule is CCOc1cccc(C2c3c(oc4ccc(F)cc4c3=O)C(=O)N2c2ccc(C)cn2)c1. The number of rotatable bonds is 4. The third-order valence-electron chi connectivity index (χ3n) is 5.46. The third kappa shape index (κ3) is 3.13. The molecule has 0 N–H and O–H groups in total. The zero-order valence-corrected chi connectivity index (χ0v) is 17.5. The van der Waals surface area contributed by atoms with E-state index >= 15 is 0 Å². The third-order valence-corrected chi connectivity index (χ3v) is 5.46. The summed E-state index contributed by atoms with van der Waals surface area (Å²) in [5.74, 6) is -0.108. The maximum Gasteiger partial charge on any atom is 0.296 e. The standard InChI is InChI=1S/C25H19FN2O4/c1-3-31-17-6-4-5-15(11-17)22-21-23(29)18-12-16(26)8-9-19(18)32-24(21)25(30)28(22)20-10-7-14(2)13-27-20/h4-13,22H,3H2,1-2H3. The molecule has 160 valence electrons.